The number of hydrogen-bond acceptors (Lipinski definition) is 4. The predicted molar refractivity (Wildman–Crippen MR) is 82.6 cm³/mol. The maximum Gasteiger partial charge on any atom is 0.253 e. The van der Waals surface area contributed by atoms with Gasteiger partial charge in [-0.15, -0.1) is 0 Å². The molecule has 0 radical (unpaired) electrons. The third kappa shape index (κ3) is 5.83. The molecular formula is C15H23N3O3. The van der Waals surface area contributed by atoms with Gasteiger partial charge < -0.3 is 20.7 Å². The van der Waals surface area contributed by atoms with Gasteiger partial charge in [-0.2, -0.15) is 0 Å². The van der Waals surface area contributed by atoms with E-state index < -0.39 is 0 Å². The molecule has 0 aliphatic heterocycles. The van der Waals surface area contributed by atoms with Gasteiger partial charge in [0.05, 0.1) is 18.7 Å². The molecule has 0 unspecified atom stereocenters. The molecule has 0 saturated carbocycles. The summed E-state index contributed by atoms with van der Waals surface area (Å²) in [7, 11) is 1.56. The second-order valence-corrected chi connectivity index (χ2v) is 4.60. The van der Waals surface area contributed by atoms with E-state index in [0.717, 1.165) is 17.8 Å². The first kappa shape index (κ1) is 17.0. The van der Waals surface area contributed by atoms with Gasteiger partial charge in [0.1, 0.15) is 0 Å². The molecule has 21 heavy (non-hydrogen) atoms. The van der Waals surface area contributed by atoms with Crippen LogP contribution in [0.3, 0.4) is 0 Å². The average Bonchev–Trinajstić information content (AvgIpc) is 2.45. The molecule has 0 fully saturated rings. The molecule has 0 aromatic heterocycles. The van der Waals surface area contributed by atoms with Crippen molar-refractivity contribution in [2.24, 2.45) is 0 Å². The Kier molecular flexibility index (Phi) is 7.25. The molecule has 1 rings (SSSR count). The fourth-order valence-electron chi connectivity index (χ4n) is 1.80. The van der Waals surface area contributed by atoms with Crippen LogP contribution >= 0.6 is 0 Å². The predicted octanol–water partition coefficient (Wildman–Crippen LogP) is 0.919. The SMILES string of the molecule is CCNc1cc(C)ccc1C(=O)NCC(=O)NCCOC. The highest BCUT2D eigenvalue weighted by Gasteiger charge is 2.12. The normalized spacial score (nSPS) is 10.0. The Morgan fingerprint density at radius 3 is 2.67 bits per heavy atom. The molecule has 6 heteroatoms. The molecule has 2 amide bonds. The first-order valence-corrected chi connectivity index (χ1v) is 6.96. The number of amides is 2. The molecular weight excluding hydrogens is 270 g/mol. The van der Waals surface area contributed by atoms with E-state index in [4.69, 9.17) is 4.74 Å². The van der Waals surface area contributed by atoms with Gasteiger partial charge in [0.2, 0.25) is 5.91 Å². The standard InChI is InChI=1S/C15H23N3O3/c1-4-16-13-9-11(2)5-6-12(13)15(20)18-10-14(19)17-7-8-21-3/h5-6,9,16H,4,7-8,10H2,1-3H3,(H,17,19)(H,18,20). The lowest BCUT2D eigenvalue weighted by Crippen LogP contribution is -2.38. The smallest absolute Gasteiger partial charge is 0.253 e. The summed E-state index contributed by atoms with van der Waals surface area (Å²) >= 11 is 0. The third-order valence-corrected chi connectivity index (χ3v) is 2.82. The van der Waals surface area contributed by atoms with Crippen molar-refractivity contribution in [3.8, 4) is 0 Å². The Morgan fingerprint density at radius 2 is 2.00 bits per heavy atom. The summed E-state index contributed by atoms with van der Waals surface area (Å²) in [6.07, 6.45) is 0. The number of carbonyl (C=O) groups excluding carboxylic acids is 2. The van der Waals surface area contributed by atoms with E-state index in [1.54, 1.807) is 13.2 Å². The van der Waals surface area contributed by atoms with Crippen molar-refractivity contribution in [1.29, 1.82) is 0 Å². The quantitative estimate of drug-likeness (QED) is 0.623. The van der Waals surface area contributed by atoms with Crippen LogP contribution in [-0.2, 0) is 9.53 Å². The molecule has 0 atom stereocenters. The number of ether oxygens (including phenoxy) is 1. The van der Waals surface area contributed by atoms with Gasteiger partial charge in [0, 0.05) is 25.9 Å². The van der Waals surface area contributed by atoms with Gasteiger partial charge >= 0.3 is 0 Å². The Hall–Kier alpha value is -2.08. The highest BCUT2D eigenvalue weighted by molar-refractivity contribution is 6.01. The number of benzene rings is 1. The van der Waals surface area contributed by atoms with E-state index in [9.17, 15) is 9.59 Å². The second-order valence-electron chi connectivity index (χ2n) is 4.60. The monoisotopic (exact) mass is 293 g/mol. The number of nitrogens with one attached hydrogen (secondary N) is 3. The van der Waals surface area contributed by atoms with Crippen LogP contribution in [0.4, 0.5) is 5.69 Å². The third-order valence-electron chi connectivity index (χ3n) is 2.82. The first-order chi connectivity index (χ1) is 10.1. The highest BCUT2D eigenvalue weighted by atomic mass is 16.5. The summed E-state index contributed by atoms with van der Waals surface area (Å²) < 4.78 is 4.83. The van der Waals surface area contributed by atoms with Crippen molar-refractivity contribution in [1.82, 2.24) is 10.6 Å². The van der Waals surface area contributed by atoms with Gasteiger partial charge in [0.25, 0.3) is 5.91 Å². The maximum atomic E-state index is 12.1. The van der Waals surface area contributed by atoms with E-state index in [1.807, 2.05) is 26.0 Å². The molecule has 6 nitrogen and oxygen atoms in total. The first-order valence-electron chi connectivity index (χ1n) is 6.96. The lowest BCUT2D eigenvalue weighted by Gasteiger charge is -2.12. The van der Waals surface area contributed by atoms with Crippen molar-refractivity contribution < 1.29 is 14.3 Å². The largest absolute Gasteiger partial charge is 0.385 e. The van der Waals surface area contributed by atoms with Crippen LogP contribution in [-0.4, -0.2) is 45.2 Å². The van der Waals surface area contributed by atoms with Crippen molar-refractivity contribution >= 4 is 17.5 Å². The zero-order chi connectivity index (χ0) is 15.7. The number of anilines is 1. The second kappa shape index (κ2) is 8.97. The lowest BCUT2D eigenvalue weighted by atomic mass is 10.1. The molecule has 0 saturated heterocycles. The van der Waals surface area contributed by atoms with Crippen LogP contribution in [0.15, 0.2) is 18.2 Å². The summed E-state index contributed by atoms with van der Waals surface area (Å²) in [6.45, 7) is 5.48. The van der Waals surface area contributed by atoms with E-state index >= 15 is 0 Å². The van der Waals surface area contributed by atoms with Crippen molar-refractivity contribution in [3.05, 3.63) is 29.3 Å². The van der Waals surface area contributed by atoms with Crippen LogP contribution in [0.1, 0.15) is 22.8 Å². The minimum atomic E-state index is -0.271. The highest BCUT2D eigenvalue weighted by Crippen LogP contribution is 2.17. The molecule has 1 aromatic rings. The summed E-state index contributed by atoms with van der Waals surface area (Å²) in [5.74, 6) is -0.509. The average molecular weight is 293 g/mol. The summed E-state index contributed by atoms with van der Waals surface area (Å²) in [4.78, 5) is 23.7. The van der Waals surface area contributed by atoms with Gasteiger partial charge in [-0.3, -0.25) is 9.59 Å². The zero-order valence-corrected chi connectivity index (χ0v) is 12.8. The summed E-state index contributed by atoms with van der Waals surface area (Å²) in [6, 6.07) is 5.54. The molecule has 0 aliphatic rings. The molecule has 116 valence electrons. The minimum absolute atomic E-state index is 0.0536. The van der Waals surface area contributed by atoms with E-state index in [1.165, 1.54) is 0 Å². The fraction of sp³-hybridized carbons (Fsp3) is 0.467. The summed E-state index contributed by atoms with van der Waals surface area (Å²) in [5, 5.41) is 8.41. The minimum Gasteiger partial charge on any atom is -0.385 e. The lowest BCUT2D eigenvalue weighted by molar-refractivity contribution is -0.120. The molecule has 3 N–H and O–H groups in total. The van der Waals surface area contributed by atoms with Crippen molar-refractivity contribution in [2.45, 2.75) is 13.8 Å². The molecule has 0 heterocycles. The van der Waals surface area contributed by atoms with Gasteiger partial charge in [-0.25, -0.2) is 0 Å². The van der Waals surface area contributed by atoms with Crippen LogP contribution in [0, 0.1) is 6.92 Å². The summed E-state index contributed by atoms with van der Waals surface area (Å²) in [5.41, 5.74) is 2.38. The molecule has 0 spiro atoms. The van der Waals surface area contributed by atoms with E-state index in [-0.39, 0.29) is 18.4 Å². The van der Waals surface area contributed by atoms with Crippen LogP contribution in [0.25, 0.3) is 0 Å². The van der Waals surface area contributed by atoms with Crippen molar-refractivity contribution in [2.75, 3.05) is 38.7 Å². The Balaban J connectivity index is 2.57. The van der Waals surface area contributed by atoms with Gasteiger partial charge in [-0.1, -0.05) is 6.07 Å². The van der Waals surface area contributed by atoms with Crippen LogP contribution < -0.4 is 16.0 Å². The Morgan fingerprint density at radius 1 is 1.24 bits per heavy atom. The van der Waals surface area contributed by atoms with Crippen molar-refractivity contribution in [3.63, 3.8) is 0 Å². The van der Waals surface area contributed by atoms with E-state index in [2.05, 4.69) is 16.0 Å². The molecule has 0 bridgehead atoms. The number of rotatable bonds is 8. The molecule has 1 aromatic carbocycles. The van der Waals surface area contributed by atoms with Crippen LogP contribution in [0.2, 0.25) is 0 Å². The number of carbonyl (C=O) groups is 2. The Bertz CT molecular complexity index is 489. The number of aryl methyl sites for hydroxylation is 1. The number of methoxy groups -OCH3 is 1. The fourth-order valence-corrected chi connectivity index (χ4v) is 1.80. The van der Waals surface area contributed by atoms with Crippen LogP contribution in [0.5, 0.6) is 0 Å². The van der Waals surface area contributed by atoms with E-state index in [0.29, 0.717) is 18.7 Å². The number of hydrogen-bond donors (Lipinski definition) is 3. The zero-order valence-electron chi connectivity index (χ0n) is 12.8. The topological polar surface area (TPSA) is 79.5 Å². The van der Waals surface area contributed by atoms with Gasteiger partial charge in [0.15, 0.2) is 0 Å². The van der Waals surface area contributed by atoms with Gasteiger partial charge in [-0.05, 0) is 31.5 Å². The Labute approximate surface area is 125 Å². The molecule has 0 aliphatic carbocycles. The maximum absolute atomic E-state index is 12.1.